The third-order valence-electron chi connectivity index (χ3n) is 4.98. The Morgan fingerprint density at radius 2 is 1.91 bits per heavy atom. The number of amides is 1. The minimum atomic E-state index is -0.260. The van der Waals surface area contributed by atoms with Crippen LogP contribution in [-0.2, 0) is 4.79 Å². The van der Waals surface area contributed by atoms with Crippen molar-refractivity contribution in [2.45, 2.75) is 12.1 Å². The van der Waals surface area contributed by atoms with E-state index in [4.69, 9.17) is 11.6 Å². The normalized spacial score (nSPS) is 10.7. The largest absolute Gasteiger partial charge is 0.298 e. The van der Waals surface area contributed by atoms with Crippen molar-refractivity contribution in [1.82, 2.24) is 9.55 Å². The summed E-state index contributed by atoms with van der Waals surface area (Å²) in [5, 5.41) is 10.5. The predicted octanol–water partition coefficient (Wildman–Crippen LogP) is 5.00. The van der Waals surface area contributed by atoms with Crippen LogP contribution in [0.25, 0.3) is 16.6 Å². The van der Waals surface area contributed by atoms with Gasteiger partial charge in [-0.3, -0.25) is 19.1 Å². The molecule has 0 unspecified atom stereocenters. The average Bonchev–Trinajstić information content (AvgIpc) is 2.81. The van der Waals surface area contributed by atoms with Crippen LogP contribution in [0.1, 0.15) is 5.56 Å². The summed E-state index contributed by atoms with van der Waals surface area (Å²) in [6, 6.07) is 23.5. The van der Waals surface area contributed by atoms with E-state index in [9.17, 15) is 14.9 Å². The van der Waals surface area contributed by atoms with Gasteiger partial charge in [-0.25, -0.2) is 4.98 Å². The zero-order valence-electron chi connectivity index (χ0n) is 17.7. The quantitative estimate of drug-likeness (QED) is 0.223. The molecule has 0 aliphatic carbocycles. The van der Waals surface area contributed by atoms with Gasteiger partial charge >= 0.3 is 0 Å². The van der Waals surface area contributed by atoms with E-state index in [1.54, 1.807) is 30.3 Å². The van der Waals surface area contributed by atoms with Gasteiger partial charge in [0.2, 0.25) is 5.91 Å². The van der Waals surface area contributed by atoms with Crippen LogP contribution < -0.4 is 10.5 Å². The molecule has 33 heavy (non-hydrogen) atoms. The number of carbonyl (C=O) groups is 1. The molecule has 0 aliphatic heterocycles. The molecule has 1 heterocycles. The molecule has 3 aromatic carbocycles. The zero-order valence-corrected chi connectivity index (χ0v) is 19.3. The molecule has 0 saturated heterocycles. The molecule has 1 amide bonds. The summed E-state index contributed by atoms with van der Waals surface area (Å²) < 4.78 is 1.51. The fraction of sp³-hybridized carbons (Fsp3) is 0.120. The van der Waals surface area contributed by atoms with Crippen molar-refractivity contribution in [3.8, 4) is 11.8 Å². The fourth-order valence-electron chi connectivity index (χ4n) is 3.44. The van der Waals surface area contributed by atoms with Crippen LogP contribution >= 0.6 is 23.4 Å². The van der Waals surface area contributed by atoms with E-state index in [1.807, 2.05) is 55.5 Å². The van der Waals surface area contributed by atoms with Gasteiger partial charge in [0.15, 0.2) is 5.16 Å². The SMILES string of the molecule is Cc1cccc(-n2c(SCC(=O)N(CC#N)c3ccccc3)nc3cc(Cl)ccc3c2=O)c1. The summed E-state index contributed by atoms with van der Waals surface area (Å²) in [4.78, 5) is 32.5. The van der Waals surface area contributed by atoms with E-state index in [-0.39, 0.29) is 23.8 Å². The first-order chi connectivity index (χ1) is 16.0. The number of hydrogen-bond acceptors (Lipinski definition) is 5. The molecule has 6 nitrogen and oxygen atoms in total. The molecule has 0 aliphatic rings. The molecule has 8 heteroatoms. The minimum absolute atomic E-state index is 0.000895. The Balaban J connectivity index is 1.75. The smallest absolute Gasteiger partial charge is 0.266 e. The Kier molecular flexibility index (Phi) is 6.78. The highest BCUT2D eigenvalue weighted by Gasteiger charge is 2.19. The van der Waals surface area contributed by atoms with Crippen molar-refractivity contribution < 1.29 is 4.79 Å². The monoisotopic (exact) mass is 474 g/mol. The maximum absolute atomic E-state index is 13.4. The van der Waals surface area contributed by atoms with Crippen LogP contribution in [0.4, 0.5) is 5.69 Å². The van der Waals surface area contributed by atoms with Crippen molar-refractivity contribution in [3.05, 3.63) is 93.7 Å². The lowest BCUT2D eigenvalue weighted by atomic mass is 10.2. The van der Waals surface area contributed by atoms with Crippen LogP contribution in [0.15, 0.2) is 82.7 Å². The number of benzene rings is 3. The average molecular weight is 475 g/mol. The number of thioether (sulfide) groups is 1. The van der Waals surface area contributed by atoms with E-state index in [1.165, 1.54) is 9.47 Å². The molecule has 164 valence electrons. The molecular weight excluding hydrogens is 456 g/mol. The van der Waals surface area contributed by atoms with Gasteiger partial charge in [0.1, 0.15) is 6.54 Å². The van der Waals surface area contributed by atoms with Gasteiger partial charge in [0, 0.05) is 10.7 Å². The summed E-state index contributed by atoms with van der Waals surface area (Å²) in [5.74, 6) is -0.259. The Morgan fingerprint density at radius 3 is 2.64 bits per heavy atom. The van der Waals surface area contributed by atoms with Crippen LogP contribution in [0, 0.1) is 18.3 Å². The van der Waals surface area contributed by atoms with Gasteiger partial charge in [-0.1, -0.05) is 53.7 Å². The van der Waals surface area contributed by atoms with Crippen LogP contribution in [0.2, 0.25) is 5.02 Å². The molecule has 0 saturated carbocycles. The van der Waals surface area contributed by atoms with Gasteiger partial charge in [-0.2, -0.15) is 5.26 Å². The zero-order chi connectivity index (χ0) is 23.4. The van der Waals surface area contributed by atoms with Crippen molar-refractivity contribution in [2.75, 3.05) is 17.2 Å². The highest BCUT2D eigenvalue weighted by molar-refractivity contribution is 7.99. The summed E-state index contributed by atoms with van der Waals surface area (Å²) >= 11 is 7.27. The Labute approximate surface area is 200 Å². The Morgan fingerprint density at radius 1 is 1.12 bits per heavy atom. The number of nitriles is 1. The van der Waals surface area contributed by atoms with Gasteiger partial charge in [-0.05, 0) is 55.0 Å². The van der Waals surface area contributed by atoms with E-state index < -0.39 is 0 Å². The maximum Gasteiger partial charge on any atom is 0.266 e. The highest BCUT2D eigenvalue weighted by atomic mass is 35.5. The summed E-state index contributed by atoms with van der Waals surface area (Å²) in [6.45, 7) is 1.87. The lowest BCUT2D eigenvalue weighted by molar-refractivity contribution is -0.116. The number of halogens is 1. The molecule has 0 radical (unpaired) electrons. The maximum atomic E-state index is 13.4. The second kappa shape index (κ2) is 9.90. The Hall–Kier alpha value is -3.60. The van der Waals surface area contributed by atoms with Crippen LogP contribution in [0.3, 0.4) is 0 Å². The van der Waals surface area contributed by atoms with Crippen LogP contribution in [-0.4, -0.2) is 27.8 Å². The number of aromatic nitrogens is 2. The minimum Gasteiger partial charge on any atom is -0.298 e. The molecule has 0 bridgehead atoms. The molecule has 4 aromatic rings. The number of anilines is 1. The van der Waals surface area contributed by atoms with Gasteiger partial charge in [0.25, 0.3) is 5.56 Å². The molecule has 0 N–H and O–H groups in total. The summed E-state index contributed by atoms with van der Waals surface area (Å²) in [6.07, 6.45) is 0. The number of fused-ring (bicyclic) bond motifs is 1. The number of aryl methyl sites for hydroxylation is 1. The number of nitrogens with zero attached hydrogens (tertiary/aromatic N) is 4. The molecule has 0 atom stereocenters. The molecule has 4 rings (SSSR count). The first-order valence-corrected chi connectivity index (χ1v) is 11.5. The first kappa shape index (κ1) is 22.6. The molecule has 0 spiro atoms. The number of para-hydroxylation sites is 1. The third kappa shape index (κ3) is 4.92. The summed E-state index contributed by atoms with van der Waals surface area (Å²) in [7, 11) is 0. The number of carbonyl (C=O) groups excluding carboxylic acids is 1. The number of rotatable bonds is 6. The van der Waals surface area contributed by atoms with Crippen LogP contribution in [0.5, 0.6) is 0 Å². The standard InChI is InChI=1S/C25H19ClN4O2S/c1-17-6-5-9-20(14-17)30-24(32)21-11-10-18(26)15-22(21)28-25(30)33-16-23(31)29(13-12-27)19-7-3-2-4-8-19/h2-11,14-15H,13,16H2,1H3. The van der Waals surface area contributed by atoms with E-state index >= 15 is 0 Å². The molecule has 0 fully saturated rings. The predicted molar refractivity (Wildman–Crippen MR) is 132 cm³/mol. The topological polar surface area (TPSA) is 79.0 Å². The third-order valence-corrected chi connectivity index (χ3v) is 6.14. The molecular formula is C25H19ClN4O2S. The number of hydrogen-bond donors (Lipinski definition) is 0. The van der Waals surface area contributed by atoms with Gasteiger partial charge < -0.3 is 0 Å². The fourth-order valence-corrected chi connectivity index (χ4v) is 4.49. The van der Waals surface area contributed by atoms with Gasteiger partial charge in [0.05, 0.1) is 28.4 Å². The van der Waals surface area contributed by atoms with Crippen molar-refractivity contribution in [3.63, 3.8) is 0 Å². The van der Waals surface area contributed by atoms with E-state index in [0.717, 1.165) is 17.3 Å². The second-order valence-corrected chi connectivity index (χ2v) is 8.68. The lowest BCUT2D eigenvalue weighted by Crippen LogP contribution is -2.33. The lowest BCUT2D eigenvalue weighted by Gasteiger charge is -2.20. The van der Waals surface area contributed by atoms with Crippen molar-refractivity contribution >= 4 is 45.9 Å². The molecule has 1 aromatic heterocycles. The Bertz CT molecular complexity index is 1430. The van der Waals surface area contributed by atoms with Crippen molar-refractivity contribution in [1.29, 1.82) is 5.26 Å². The van der Waals surface area contributed by atoms with Crippen molar-refractivity contribution in [2.24, 2.45) is 0 Å². The van der Waals surface area contributed by atoms with Gasteiger partial charge in [-0.15, -0.1) is 0 Å². The van der Waals surface area contributed by atoms with E-state index in [2.05, 4.69) is 4.98 Å². The van der Waals surface area contributed by atoms with E-state index in [0.29, 0.717) is 32.5 Å². The second-order valence-electron chi connectivity index (χ2n) is 7.30. The summed E-state index contributed by atoms with van der Waals surface area (Å²) in [5.41, 5.74) is 2.51. The highest BCUT2D eigenvalue weighted by Crippen LogP contribution is 2.24. The first-order valence-electron chi connectivity index (χ1n) is 10.1.